The lowest BCUT2D eigenvalue weighted by molar-refractivity contribution is -0.274. The maximum atomic E-state index is 12.7. The van der Waals surface area contributed by atoms with Gasteiger partial charge in [-0.05, 0) is 49.3 Å². The highest BCUT2D eigenvalue weighted by molar-refractivity contribution is 5.80. The molecule has 0 aromatic heterocycles. The first-order valence-electron chi connectivity index (χ1n) is 9.70. The molecule has 1 heterocycles. The second-order valence-corrected chi connectivity index (χ2v) is 8.16. The first-order chi connectivity index (χ1) is 13.7. The summed E-state index contributed by atoms with van der Waals surface area (Å²) in [7, 11) is 1.31. The molecule has 2 amide bonds. The molecule has 158 valence electrons. The number of fused-ring (bicyclic) bond motifs is 1. The zero-order chi connectivity index (χ0) is 20.8. The SMILES string of the molecule is COC(=O)NC1CC(C(=O)N2CCC3(c4ccc(OC(F)(F)F)cc4)CC3C2)C1. The highest BCUT2D eigenvalue weighted by Gasteiger charge is 2.58. The molecular formula is C20H23F3N2O4. The number of nitrogens with zero attached hydrogens (tertiary/aromatic N) is 1. The van der Waals surface area contributed by atoms with Crippen LogP contribution in [0.4, 0.5) is 18.0 Å². The van der Waals surface area contributed by atoms with E-state index in [2.05, 4.69) is 14.8 Å². The summed E-state index contributed by atoms with van der Waals surface area (Å²) < 4.78 is 45.4. The van der Waals surface area contributed by atoms with E-state index in [9.17, 15) is 22.8 Å². The van der Waals surface area contributed by atoms with Crippen molar-refractivity contribution in [3.63, 3.8) is 0 Å². The van der Waals surface area contributed by atoms with Gasteiger partial charge in [-0.3, -0.25) is 4.79 Å². The first-order valence-corrected chi connectivity index (χ1v) is 9.70. The van der Waals surface area contributed by atoms with Crippen LogP contribution in [0.2, 0.25) is 0 Å². The number of benzene rings is 1. The third-order valence-electron chi connectivity index (χ3n) is 6.47. The van der Waals surface area contributed by atoms with Gasteiger partial charge in [-0.25, -0.2) is 4.79 Å². The summed E-state index contributed by atoms with van der Waals surface area (Å²) in [4.78, 5) is 25.8. The van der Waals surface area contributed by atoms with Crippen molar-refractivity contribution in [2.75, 3.05) is 20.2 Å². The van der Waals surface area contributed by atoms with Gasteiger partial charge in [-0.15, -0.1) is 13.2 Å². The highest BCUT2D eigenvalue weighted by atomic mass is 19.4. The number of rotatable bonds is 4. The Kier molecular flexibility index (Phi) is 4.86. The number of carbonyl (C=O) groups excluding carboxylic acids is 2. The second-order valence-electron chi connectivity index (χ2n) is 8.16. The van der Waals surface area contributed by atoms with E-state index < -0.39 is 12.5 Å². The fourth-order valence-electron chi connectivity index (χ4n) is 4.73. The normalized spacial score (nSPS) is 30.6. The molecule has 0 bridgehead atoms. The Morgan fingerprint density at radius 1 is 1.21 bits per heavy atom. The van der Waals surface area contributed by atoms with Crippen LogP contribution in [0, 0.1) is 11.8 Å². The lowest BCUT2D eigenvalue weighted by Crippen LogP contribution is -2.52. The molecule has 3 aliphatic rings. The zero-order valence-corrected chi connectivity index (χ0v) is 16.0. The summed E-state index contributed by atoms with van der Waals surface area (Å²) >= 11 is 0. The molecule has 9 heteroatoms. The Morgan fingerprint density at radius 2 is 1.90 bits per heavy atom. The number of carbonyl (C=O) groups is 2. The topological polar surface area (TPSA) is 67.9 Å². The van der Waals surface area contributed by atoms with Crippen molar-refractivity contribution in [2.24, 2.45) is 11.8 Å². The number of nitrogens with one attached hydrogen (secondary N) is 1. The molecule has 6 nitrogen and oxygen atoms in total. The summed E-state index contributed by atoms with van der Waals surface area (Å²) in [6.07, 6.45) is -2.18. The molecule has 2 atom stereocenters. The van der Waals surface area contributed by atoms with Crippen LogP contribution in [0.15, 0.2) is 24.3 Å². The fraction of sp³-hybridized carbons (Fsp3) is 0.600. The standard InChI is InChI=1S/C20H23F3N2O4/c1-28-18(27)24-15-8-12(9-15)17(26)25-7-6-19(10-14(19)11-25)13-2-4-16(5-3-13)29-20(21,22)23/h2-5,12,14-15H,6-11H2,1H3,(H,24,27). The fourth-order valence-corrected chi connectivity index (χ4v) is 4.73. The van der Waals surface area contributed by atoms with Crippen LogP contribution in [-0.2, 0) is 14.9 Å². The van der Waals surface area contributed by atoms with Gasteiger partial charge < -0.3 is 19.7 Å². The number of likely N-dealkylation sites (tertiary alicyclic amines) is 1. The van der Waals surface area contributed by atoms with Gasteiger partial charge in [0, 0.05) is 30.5 Å². The number of piperidine rings is 1. The number of hydrogen-bond donors (Lipinski definition) is 1. The smallest absolute Gasteiger partial charge is 0.453 e. The minimum absolute atomic E-state index is 0.0151. The number of methoxy groups -OCH3 is 1. The van der Waals surface area contributed by atoms with E-state index >= 15 is 0 Å². The van der Waals surface area contributed by atoms with E-state index in [0.717, 1.165) is 18.4 Å². The lowest BCUT2D eigenvalue weighted by Gasteiger charge is -2.40. The zero-order valence-electron chi connectivity index (χ0n) is 16.0. The number of hydrogen-bond acceptors (Lipinski definition) is 4. The Balaban J connectivity index is 1.30. The van der Waals surface area contributed by atoms with Gasteiger partial charge in [0.05, 0.1) is 7.11 Å². The van der Waals surface area contributed by atoms with Crippen LogP contribution < -0.4 is 10.1 Å². The minimum Gasteiger partial charge on any atom is -0.453 e. The molecule has 0 radical (unpaired) electrons. The average molecular weight is 412 g/mol. The molecule has 1 aromatic rings. The van der Waals surface area contributed by atoms with Crippen LogP contribution in [-0.4, -0.2) is 49.5 Å². The Hall–Kier alpha value is -2.45. The van der Waals surface area contributed by atoms with Gasteiger partial charge in [0.15, 0.2) is 0 Å². The predicted octanol–water partition coefficient (Wildman–Crippen LogP) is 3.21. The lowest BCUT2D eigenvalue weighted by atomic mass is 9.78. The maximum Gasteiger partial charge on any atom is 0.573 e. The van der Waals surface area contributed by atoms with E-state index in [4.69, 9.17) is 0 Å². The molecule has 2 unspecified atom stereocenters. The molecule has 1 aliphatic heterocycles. The second kappa shape index (κ2) is 7.11. The molecule has 1 aromatic carbocycles. The third kappa shape index (κ3) is 4.00. The summed E-state index contributed by atoms with van der Waals surface area (Å²) in [6, 6.07) is 6.10. The van der Waals surface area contributed by atoms with Gasteiger partial charge in [0.2, 0.25) is 5.91 Å². The van der Waals surface area contributed by atoms with E-state index in [1.165, 1.54) is 19.2 Å². The van der Waals surface area contributed by atoms with Crippen molar-refractivity contribution < 1.29 is 32.2 Å². The van der Waals surface area contributed by atoms with E-state index in [1.54, 1.807) is 12.1 Å². The Bertz CT molecular complexity index is 792. The average Bonchev–Trinajstić information content (AvgIpc) is 3.37. The van der Waals surface area contributed by atoms with Gasteiger partial charge >= 0.3 is 12.5 Å². The van der Waals surface area contributed by atoms with Crippen molar-refractivity contribution in [2.45, 2.75) is 43.5 Å². The quantitative estimate of drug-likeness (QED) is 0.825. The van der Waals surface area contributed by atoms with Crippen molar-refractivity contribution in [3.05, 3.63) is 29.8 Å². The summed E-state index contributed by atoms with van der Waals surface area (Å²) in [6.45, 7) is 1.31. The molecular weight excluding hydrogens is 389 g/mol. The summed E-state index contributed by atoms with van der Waals surface area (Å²) in [5.41, 5.74) is 0.970. The molecule has 3 fully saturated rings. The van der Waals surface area contributed by atoms with Crippen LogP contribution in [0.25, 0.3) is 0 Å². The Morgan fingerprint density at radius 3 is 2.48 bits per heavy atom. The van der Waals surface area contributed by atoms with E-state index in [-0.39, 0.29) is 29.0 Å². The van der Waals surface area contributed by atoms with Gasteiger partial charge in [0.1, 0.15) is 5.75 Å². The van der Waals surface area contributed by atoms with E-state index in [1.807, 2.05) is 4.90 Å². The van der Waals surface area contributed by atoms with Gasteiger partial charge in [0.25, 0.3) is 0 Å². The number of alkyl halides is 3. The molecule has 2 saturated carbocycles. The Labute approximate surface area is 166 Å². The molecule has 29 heavy (non-hydrogen) atoms. The molecule has 0 spiro atoms. The third-order valence-corrected chi connectivity index (χ3v) is 6.47. The first kappa shape index (κ1) is 19.8. The van der Waals surface area contributed by atoms with Crippen molar-refractivity contribution in [1.29, 1.82) is 0 Å². The molecule has 2 aliphatic carbocycles. The largest absolute Gasteiger partial charge is 0.573 e. The van der Waals surface area contributed by atoms with Crippen molar-refractivity contribution in [3.8, 4) is 5.75 Å². The number of amides is 2. The van der Waals surface area contributed by atoms with Crippen LogP contribution in [0.1, 0.15) is 31.2 Å². The van der Waals surface area contributed by atoms with Crippen LogP contribution in [0.5, 0.6) is 5.75 Å². The molecule has 1 saturated heterocycles. The maximum absolute atomic E-state index is 12.7. The monoisotopic (exact) mass is 412 g/mol. The van der Waals surface area contributed by atoms with E-state index in [0.29, 0.717) is 31.8 Å². The van der Waals surface area contributed by atoms with Crippen molar-refractivity contribution >= 4 is 12.0 Å². The minimum atomic E-state index is -4.69. The summed E-state index contributed by atoms with van der Waals surface area (Å²) in [5.74, 6) is 0.172. The van der Waals surface area contributed by atoms with Crippen molar-refractivity contribution in [1.82, 2.24) is 10.2 Å². The molecule has 4 rings (SSSR count). The predicted molar refractivity (Wildman–Crippen MR) is 96.2 cm³/mol. The number of halogens is 3. The van der Waals surface area contributed by atoms with Gasteiger partial charge in [-0.2, -0.15) is 0 Å². The highest BCUT2D eigenvalue weighted by Crippen LogP contribution is 2.59. The van der Waals surface area contributed by atoms with Gasteiger partial charge in [-0.1, -0.05) is 12.1 Å². The number of ether oxygens (including phenoxy) is 2. The number of alkyl carbamates (subject to hydrolysis) is 1. The van der Waals surface area contributed by atoms with Crippen LogP contribution in [0.3, 0.4) is 0 Å². The molecule has 1 N–H and O–H groups in total. The van der Waals surface area contributed by atoms with Crippen LogP contribution >= 0.6 is 0 Å². The summed E-state index contributed by atoms with van der Waals surface area (Å²) in [5, 5.41) is 2.70.